The lowest BCUT2D eigenvalue weighted by molar-refractivity contribution is 0.0862. The Hall–Kier alpha value is -2.60. The van der Waals surface area contributed by atoms with Crippen LogP contribution in [0.25, 0.3) is 0 Å². The van der Waals surface area contributed by atoms with E-state index >= 15 is 0 Å². The maximum Gasteiger partial charge on any atom is 0.472 e. The minimum absolute atomic E-state index is 0.147. The molecular weight excluding hydrogens is 678 g/mol. The Balaban J connectivity index is 1.94. The molecule has 0 aromatic heterocycles. The van der Waals surface area contributed by atoms with E-state index in [0.29, 0.717) is 25.7 Å². The van der Waals surface area contributed by atoms with Gasteiger partial charge in [-0.1, -0.05) is 146 Å². The number of hydrogen-bond acceptors (Lipinski definition) is 5. The molecular formula is C42H62O7P2. The number of phosphoric acid groups is 1. The summed E-state index contributed by atoms with van der Waals surface area (Å²) in [5, 5.41) is 0. The first-order chi connectivity index (χ1) is 23.5. The van der Waals surface area contributed by atoms with E-state index in [1.807, 2.05) is 18.2 Å². The topological polar surface area (TPSA) is 102 Å². The van der Waals surface area contributed by atoms with Crippen molar-refractivity contribution in [2.24, 2.45) is 10.8 Å². The predicted molar refractivity (Wildman–Crippen MR) is 214 cm³/mol. The van der Waals surface area contributed by atoms with Crippen molar-refractivity contribution < 1.29 is 32.5 Å². The molecule has 2 aliphatic rings. The van der Waals surface area contributed by atoms with E-state index < -0.39 is 15.4 Å². The standard InChI is InChI=1S/C42H62O7P2/c1-31(19-15-21-33(3)23-25-39-35(5)27-37(29-41(39,7)8)48-50(12,43)44)17-13-14-18-32(2)20-16-22-34(4)24-26-40-36(6)28-38(30-42(40,9)10)49-51(45,46)47-11/h13-26,37-38H,27-30H2,1-12H3,(H,43,44)(H,45,46)/b14-13+,19-15+,20-16+,25-23+,26-24+,31-17+,32-18+,33-21+,34-22+. The lowest BCUT2D eigenvalue weighted by Gasteiger charge is -2.38. The largest absolute Gasteiger partial charge is 0.472 e. The van der Waals surface area contributed by atoms with Crippen LogP contribution in [0, 0.1) is 10.8 Å². The minimum atomic E-state index is -4.02. The molecule has 51 heavy (non-hydrogen) atoms. The highest BCUT2D eigenvalue weighted by Crippen LogP contribution is 2.50. The van der Waals surface area contributed by atoms with Crippen molar-refractivity contribution in [2.45, 2.75) is 107 Å². The van der Waals surface area contributed by atoms with Gasteiger partial charge in [-0.15, -0.1) is 0 Å². The molecule has 9 heteroatoms. The first-order valence-electron chi connectivity index (χ1n) is 17.6. The smallest absolute Gasteiger partial charge is 0.324 e. The highest BCUT2D eigenvalue weighted by molar-refractivity contribution is 7.51. The molecule has 0 spiro atoms. The molecule has 0 saturated heterocycles. The van der Waals surface area contributed by atoms with Gasteiger partial charge < -0.3 is 14.3 Å². The van der Waals surface area contributed by atoms with Crippen LogP contribution in [0.5, 0.6) is 0 Å². The second-order valence-corrected chi connectivity index (χ2v) is 18.6. The molecule has 0 amide bonds. The van der Waals surface area contributed by atoms with Crippen LogP contribution >= 0.6 is 15.4 Å². The maximum atomic E-state index is 11.9. The van der Waals surface area contributed by atoms with Gasteiger partial charge in [0.15, 0.2) is 0 Å². The fourth-order valence-corrected chi connectivity index (χ4v) is 8.04. The van der Waals surface area contributed by atoms with E-state index in [9.17, 15) is 18.9 Å². The molecule has 2 rings (SSSR count). The lowest BCUT2D eigenvalue weighted by atomic mass is 9.71. The summed E-state index contributed by atoms with van der Waals surface area (Å²) < 4.78 is 39.1. The Labute approximate surface area is 308 Å². The second-order valence-electron chi connectivity index (χ2n) is 15.3. The monoisotopic (exact) mass is 740 g/mol. The van der Waals surface area contributed by atoms with Crippen molar-refractivity contribution in [1.82, 2.24) is 0 Å². The zero-order valence-corrected chi connectivity index (χ0v) is 34.7. The van der Waals surface area contributed by atoms with Crippen molar-refractivity contribution in [3.05, 3.63) is 130 Å². The summed E-state index contributed by atoms with van der Waals surface area (Å²) >= 11 is 0. The maximum absolute atomic E-state index is 11.9. The van der Waals surface area contributed by atoms with E-state index in [-0.39, 0.29) is 23.0 Å². The molecule has 2 N–H and O–H groups in total. The van der Waals surface area contributed by atoms with Gasteiger partial charge in [0.1, 0.15) is 0 Å². The van der Waals surface area contributed by atoms with Gasteiger partial charge in [-0.2, -0.15) is 0 Å². The molecule has 0 aliphatic heterocycles. The van der Waals surface area contributed by atoms with Crippen LogP contribution in [-0.4, -0.2) is 35.8 Å². The van der Waals surface area contributed by atoms with Crippen molar-refractivity contribution in [3.63, 3.8) is 0 Å². The average molecular weight is 741 g/mol. The van der Waals surface area contributed by atoms with Gasteiger partial charge in [0, 0.05) is 13.8 Å². The molecule has 0 radical (unpaired) electrons. The summed E-state index contributed by atoms with van der Waals surface area (Å²) in [4.78, 5) is 19.4. The summed E-state index contributed by atoms with van der Waals surface area (Å²) in [5.74, 6) is 0. The predicted octanol–water partition coefficient (Wildman–Crippen LogP) is 12.2. The quantitative estimate of drug-likeness (QED) is 0.127. The van der Waals surface area contributed by atoms with Crippen LogP contribution in [0.15, 0.2) is 130 Å². The van der Waals surface area contributed by atoms with Gasteiger partial charge in [-0.3, -0.25) is 13.6 Å². The molecule has 4 atom stereocenters. The van der Waals surface area contributed by atoms with E-state index in [2.05, 4.69) is 141 Å². The zero-order chi connectivity index (χ0) is 38.6. The second kappa shape index (κ2) is 19.5. The Kier molecular flexibility index (Phi) is 17.0. The van der Waals surface area contributed by atoms with E-state index in [4.69, 9.17) is 9.05 Å². The van der Waals surface area contributed by atoms with Crippen molar-refractivity contribution in [3.8, 4) is 0 Å². The Morgan fingerprint density at radius 2 is 1.00 bits per heavy atom. The molecule has 0 bridgehead atoms. The fourth-order valence-electron chi connectivity index (χ4n) is 6.72. The average Bonchev–Trinajstić information content (AvgIpc) is 2.96. The van der Waals surface area contributed by atoms with Crippen LogP contribution in [0.2, 0.25) is 0 Å². The highest BCUT2D eigenvalue weighted by Gasteiger charge is 2.37. The first-order valence-corrected chi connectivity index (χ1v) is 21.1. The van der Waals surface area contributed by atoms with Gasteiger partial charge in [0.25, 0.3) is 0 Å². The first kappa shape index (κ1) is 44.6. The Bertz CT molecular complexity index is 1680. The van der Waals surface area contributed by atoms with E-state index in [1.165, 1.54) is 30.5 Å². The van der Waals surface area contributed by atoms with Crippen LogP contribution in [0.1, 0.15) is 94.9 Å². The molecule has 0 aromatic carbocycles. The number of rotatable bonds is 15. The molecule has 2 aliphatic carbocycles. The van der Waals surface area contributed by atoms with E-state index in [1.54, 1.807) is 0 Å². The molecule has 0 heterocycles. The third kappa shape index (κ3) is 16.3. The van der Waals surface area contributed by atoms with Crippen LogP contribution in [0.4, 0.5) is 0 Å². The normalized spacial score (nSPS) is 25.3. The molecule has 0 fully saturated rings. The van der Waals surface area contributed by atoms with Crippen molar-refractivity contribution in [2.75, 3.05) is 13.8 Å². The molecule has 0 saturated carbocycles. The SMILES string of the molecule is COP(=O)(O)OC1CC(C)=C(/C=C/C(C)=C/C=C/C(C)=C/C=C/C=C(C)/C=C/C=C(C)/C=C/C2=C(C)CC(OP(C)(=O)O)CC2(C)C)C(C)(C)C1. The molecule has 7 nitrogen and oxygen atoms in total. The van der Waals surface area contributed by atoms with Crippen molar-refractivity contribution in [1.29, 1.82) is 0 Å². The van der Waals surface area contributed by atoms with Gasteiger partial charge >= 0.3 is 15.4 Å². The Morgan fingerprint density at radius 1 is 0.647 bits per heavy atom. The zero-order valence-electron chi connectivity index (χ0n) is 32.9. The summed E-state index contributed by atoms with van der Waals surface area (Å²) in [6.45, 7) is 22.3. The molecule has 0 aromatic rings. The summed E-state index contributed by atoms with van der Waals surface area (Å²) in [5.41, 5.74) is 9.00. The number of allylic oxidation sites excluding steroid dienone is 20. The van der Waals surface area contributed by atoms with E-state index in [0.717, 1.165) is 27.9 Å². The summed E-state index contributed by atoms with van der Waals surface area (Å²) in [6.07, 6.45) is 31.2. The third-order valence-corrected chi connectivity index (χ3v) is 10.8. The third-order valence-electron chi connectivity index (χ3n) is 9.07. The molecule has 282 valence electrons. The van der Waals surface area contributed by atoms with Gasteiger partial charge in [0.2, 0.25) is 0 Å². The Morgan fingerprint density at radius 3 is 1.35 bits per heavy atom. The molecule has 4 unspecified atom stereocenters. The highest BCUT2D eigenvalue weighted by atomic mass is 31.2. The summed E-state index contributed by atoms with van der Waals surface area (Å²) in [6, 6.07) is 0. The van der Waals surface area contributed by atoms with Crippen LogP contribution in [0.3, 0.4) is 0 Å². The minimum Gasteiger partial charge on any atom is -0.324 e. The van der Waals surface area contributed by atoms with Crippen LogP contribution < -0.4 is 0 Å². The summed E-state index contributed by atoms with van der Waals surface area (Å²) in [7, 11) is -6.35. The van der Waals surface area contributed by atoms with Crippen LogP contribution in [-0.2, 0) is 22.7 Å². The van der Waals surface area contributed by atoms with Gasteiger partial charge in [-0.05, 0) is 89.2 Å². The van der Waals surface area contributed by atoms with Crippen molar-refractivity contribution >= 4 is 15.4 Å². The van der Waals surface area contributed by atoms with Gasteiger partial charge in [-0.25, -0.2) is 4.57 Å². The fraction of sp³-hybridized carbons (Fsp3) is 0.476. The number of phosphoric ester groups is 1. The van der Waals surface area contributed by atoms with Gasteiger partial charge in [0.05, 0.1) is 12.2 Å². The number of hydrogen-bond donors (Lipinski definition) is 2. The lowest BCUT2D eigenvalue weighted by Crippen LogP contribution is -2.29.